The lowest BCUT2D eigenvalue weighted by molar-refractivity contribution is 0.306. The number of nitrogens with zero attached hydrogens (tertiary/aromatic N) is 4. The van der Waals surface area contributed by atoms with Crippen LogP contribution in [-0.2, 0) is 13.0 Å². The summed E-state index contributed by atoms with van der Waals surface area (Å²) in [6.45, 7) is 4.74. The number of aliphatic imine (C=N–C) groups is 1. The molecule has 7 nitrogen and oxygen atoms in total. The Morgan fingerprint density at radius 3 is 3.00 bits per heavy atom. The van der Waals surface area contributed by atoms with Crippen LogP contribution in [0.3, 0.4) is 0 Å². The van der Waals surface area contributed by atoms with Gasteiger partial charge in [-0.05, 0) is 37.3 Å². The molecule has 0 amide bonds. The molecule has 2 aromatic heterocycles. The third-order valence-electron chi connectivity index (χ3n) is 4.96. The molecule has 0 bridgehead atoms. The van der Waals surface area contributed by atoms with E-state index in [4.69, 9.17) is 9.41 Å². The van der Waals surface area contributed by atoms with E-state index in [1.54, 1.807) is 12.5 Å². The van der Waals surface area contributed by atoms with Gasteiger partial charge in [0.1, 0.15) is 5.76 Å². The summed E-state index contributed by atoms with van der Waals surface area (Å²) in [6.07, 6.45) is 12.3. The van der Waals surface area contributed by atoms with Crippen molar-refractivity contribution >= 4 is 29.9 Å². The molecule has 0 aliphatic heterocycles. The first-order valence-corrected chi connectivity index (χ1v) is 9.72. The summed E-state index contributed by atoms with van der Waals surface area (Å²) < 4.78 is 7.25. The van der Waals surface area contributed by atoms with Gasteiger partial charge in [0.2, 0.25) is 0 Å². The van der Waals surface area contributed by atoms with E-state index in [0.29, 0.717) is 12.0 Å². The maximum Gasteiger partial charge on any atom is 0.191 e. The summed E-state index contributed by atoms with van der Waals surface area (Å²) in [5, 5.41) is 14.9. The summed E-state index contributed by atoms with van der Waals surface area (Å²) in [6, 6.07) is 4.44. The molecule has 0 spiro atoms. The van der Waals surface area contributed by atoms with Crippen molar-refractivity contribution in [2.45, 2.75) is 58.0 Å². The Morgan fingerprint density at radius 1 is 1.37 bits per heavy atom. The molecule has 8 heteroatoms. The monoisotopic (exact) mass is 486 g/mol. The maximum atomic E-state index is 5.41. The Morgan fingerprint density at radius 2 is 2.26 bits per heavy atom. The lowest BCUT2D eigenvalue weighted by Crippen LogP contribution is -2.47. The van der Waals surface area contributed by atoms with E-state index in [2.05, 4.69) is 27.9 Å². The summed E-state index contributed by atoms with van der Waals surface area (Å²) in [5.41, 5.74) is 0. The van der Waals surface area contributed by atoms with Crippen LogP contribution in [0.25, 0.3) is 0 Å². The summed E-state index contributed by atoms with van der Waals surface area (Å²) in [7, 11) is 0. The molecule has 0 aromatic carbocycles. The summed E-state index contributed by atoms with van der Waals surface area (Å²) >= 11 is 0. The highest BCUT2D eigenvalue weighted by atomic mass is 127. The first kappa shape index (κ1) is 21.7. The zero-order chi connectivity index (χ0) is 18.0. The number of hydrogen-bond acceptors (Lipinski definition) is 4. The van der Waals surface area contributed by atoms with Crippen LogP contribution >= 0.6 is 24.0 Å². The van der Waals surface area contributed by atoms with Crippen molar-refractivity contribution in [1.82, 2.24) is 25.6 Å². The molecule has 1 aliphatic rings. The van der Waals surface area contributed by atoms with E-state index in [0.717, 1.165) is 44.2 Å². The van der Waals surface area contributed by atoms with Crippen LogP contribution in [0.1, 0.15) is 44.8 Å². The number of aromatic nitrogens is 3. The van der Waals surface area contributed by atoms with Gasteiger partial charge >= 0.3 is 0 Å². The van der Waals surface area contributed by atoms with Gasteiger partial charge in [0.05, 0.1) is 12.5 Å². The predicted octanol–water partition coefficient (Wildman–Crippen LogP) is 3.24. The lowest BCUT2D eigenvalue weighted by Gasteiger charge is -2.31. The van der Waals surface area contributed by atoms with Gasteiger partial charge in [0.15, 0.2) is 5.96 Å². The summed E-state index contributed by atoms with van der Waals surface area (Å²) in [4.78, 5) is 4.77. The topological polar surface area (TPSA) is 80.3 Å². The maximum absolute atomic E-state index is 5.41. The minimum Gasteiger partial charge on any atom is -0.469 e. The number of guanidine groups is 1. The third kappa shape index (κ3) is 7.51. The van der Waals surface area contributed by atoms with Gasteiger partial charge in [-0.25, -0.2) is 0 Å². The Balaban J connectivity index is 0.00000261. The number of halogens is 1. The second-order valence-corrected chi connectivity index (χ2v) is 7.02. The fraction of sp³-hybridized carbons (Fsp3) is 0.632. The average molecular weight is 486 g/mol. The largest absolute Gasteiger partial charge is 0.469 e. The molecule has 27 heavy (non-hydrogen) atoms. The highest BCUT2D eigenvalue weighted by Crippen LogP contribution is 2.23. The molecule has 1 aliphatic carbocycles. The molecule has 2 heterocycles. The number of aryl methyl sites for hydroxylation is 1. The van der Waals surface area contributed by atoms with Crippen LogP contribution in [-0.4, -0.2) is 40.1 Å². The van der Waals surface area contributed by atoms with E-state index < -0.39 is 0 Å². The number of rotatable bonds is 8. The first-order chi connectivity index (χ1) is 12.8. The van der Waals surface area contributed by atoms with Gasteiger partial charge in [-0.2, -0.15) is 0 Å². The molecule has 1 saturated carbocycles. The number of furan rings is 1. The van der Waals surface area contributed by atoms with Crippen LogP contribution in [0, 0.1) is 5.92 Å². The molecule has 0 radical (unpaired) electrons. The molecule has 0 saturated heterocycles. The highest BCUT2D eigenvalue weighted by molar-refractivity contribution is 14.0. The zero-order valence-electron chi connectivity index (χ0n) is 16.0. The Labute approximate surface area is 178 Å². The third-order valence-corrected chi connectivity index (χ3v) is 4.96. The van der Waals surface area contributed by atoms with Crippen molar-refractivity contribution < 1.29 is 4.42 Å². The van der Waals surface area contributed by atoms with Crippen molar-refractivity contribution in [3.8, 4) is 0 Å². The molecule has 150 valence electrons. The minimum atomic E-state index is 0. The van der Waals surface area contributed by atoms with Gasteiger partial charge in [0.25, 0.3) is 0 Å². The van der Waals surface area contributed by atoms with Gasteiger partial charge in [-0.3, -0.25) is 9.67 Å². The smallest absolute Gasteiger partial charge is 0.191 e. The molecular formula is C19H31IN6O. The van der Waals surface area contributed by atoms with Crippen molar-refractivity contribution in [1.29, 1.82) is 0 Å². The predicted molar refractivity (Wildman–Crippen MR) is 117 cm³/mol. The van der Waals surface area contributed by atoms with Crippen molar-refractivity contribution in [3.63, 3.8) is 0 Å². The normalized spacial score (nSPS) is 20.1. The van der Waals surface area contributed by atoms with Crippen LogP contribution < -0.4 is 10.6 Å². The number of nitrogens with one attached hydrogen (secondary N) is 2. The first-order valence-electron chi connectivity index (χ1n) is 9.72. The van der Waals surface area contributed by atoms with Crippen LogP contribution in [0.4, 0.5) is 0 Å². The minimum absolute atomic E-state index is 0. The fourth-order valence-corrected chi connectivity index (χ4v) is 3.39. The van der Waals surface area contributed by atoms with E-state index >= 15 is 0 Å². The van der Waals surface area contributed by atoms with Crippen LogP contribution in [0.5, 0.6) is 0 Å². The van der Waals surface area contributed by atoms with Crippen molar-refractivity contribution in [2.24, 2.45) is 10.9 Å². The van der Waals surface area contributed by atoms with E-state index in [9.17, 15) is 0 Å². The van der Waals surface area contributed by atoms with Crippen LogP contribution in [0.15, 0.2) is 40.2 Å². The quantitative estimate of drug-likeness (QED) is 0.259. The molecule has 1 fully saturated rings. The van der Waals surface area contributed by atoms with E-state index in [1.807, 2.05) is 23.0 Å². The van der Waals surface area contributed by atoms with Gasteiger partial charge < -0.3 is 15.1 Å². The molecule has 3 rings (SSSR count). The zero-order valence-corrected chi connectivity index (χ0v) is 18.3. The standard InChI is InChI=1S/C19H30N6O.HI/c1-16-6-2-3-8-18(16)23-19(21-11-9-17-7-4-15-26-17)20-10-5-13-25-14-12-22-24-25;/h4,7,12,14-16,18H,2-3,5-6,8-11,13H2,1H3,(H2,20,21,23);1H. The van der Waals surface area contributed by atoms with Crippen molar-refractivity contribution in [2.75, 3.05) is 13.1 Å². The molecule has 2 N–H and O–H groups in total. The molecule has 2 atom stereocenters. The SMILES string of the molecule is CC1CCCCC1NC(=NCCCn1ccnn1)NCCc1ccco1.I. The molecule has 2 unspecified atom stereocenters. The average Bonchev–Trinajstić information content (AvgIpc) is 3.34. The summed E-state index contributed by atoms with van der Waals surface area (Å²) in [5.74, 6) is 2.60. The number of hydrogen-bond donors (Lipinski definition) is 2. The second-order valence-electron chi connectivity index (χ2n) is 7.02. The Bertz CT molecular complexity index is 643. The second kappa shape index (κ2) is 12.0. The molecular weight excluding hydrogens is 455 g/mol. The highest BCUT2D eigenvalue weighted by Gasteiger charge is 2.21. The van der Waals surface area contributed by atoms with Crippen LogP contribution in [0.2, 0.25) is 0 Å². The van der Waals surface area contributed by atoms with E-state index in [1.165, 1.54) is 25.7 Å². The van der Waals surface area contributed by atoms with Gasteiger partial charge in [-0.15, -0.1) is 29.1 Å². The molecule has 2 aromatic rings. The fourth-order valence-electron chi connectivity index (χ4n) is 3.39. The van der Waals surface area contributed by atoms with Gasteiger partial charge in [-0.1, -0.05) is 25.0 Å². The Hall–Kier alpha value is -1.58. The lowest BCUT2D eigenvalue weighted by atomic mass is 9.86. The van der Waals surface area contributed by atoms with Crippen molar-refractivity contribution in [3.05, 3.63) is 36.5 Å². The Kier molecular flexibility index (Phi) is 9.65. The van der Waals surface area contributed by atoms with Gasteiger partial charge in [0, 0.05) is 38.3 Å². The van der Waals surface area contributed by atoms with E-state index in [-0.39, 0.29) is 24.0 Å².